The molecule has 0 atom stereocenters. The number of hydrogen-bond donors (Lipinski definition) is 1. The van der Waals surface area contributed by atoms with Crippen molar-refractivity contribution in [3.63, 3.8) is 0 Å². The quantitative estimate of drug-likeness (QED) is 0.703. The van der Waals surface area contributed by atoms with Crippen LogP contribution in [0.5, 0.6) is 0 Å². The van der Waals surface area contributed by atoms with E-state index in [1.807, 2.05) is 14.1 Å². The SMILES string of the molecule is CN(C)[n+]1[nH]oc(=O)c1CN1CCCCC1. The standard InChI is InChI=1S/C10H18N4O2/c1-12(2)14-9(10(15)16-11-14)8-13-6-4-3-5-7-13/h3-8H2,1-2H3/p+1. The molecule has 1 aliphatic rings. The number of piperidine rings is 1. The van der Waals surface area contributed by atoms with Crippen LogP contribution in [0.1, 0.15) is 25.0 Å². The fourth-order valence-electron chi connectivity index (χ4n) is 2.07. The fourth-order valence-corrected chi connectivity index (χ4v) is 2.07. The molecular weight excluding hydrogens is 208 g/mol. The van der Waals surface area contributed by atoms with Crippen LogP contribution in [0.15, 0.2) is 9.32 Å². The highest BCUT2D eigenvalue weighted by Crippen LogP contribution is 2.09. The Bertz CT molecular complexity index is 390. The normalized spacial score (nSPS) is 17.6. The smallest absolute Gasteiger partial charge is 0.293 e. The van der Waals surface area contributed by atoms with Gasteiger partial charge in [-0.25, -0.2) is 4.79 Å². The molecule has 0 bridgehead atoms. The predicted molar refractivity (Wildman–Crippen MR) is 58.7 cm³/mol. The lowest BCUT2D eigenvalue weighted by molar-refractivity contribution is -0.760. The number of likely N-dealkylation sites (tertiary alicyclic amines) is 1. The Morgan fingerprint density at radius 1 is 1.38 bits per heavy atom. The summed E-state index contributed by atoms with van der Waals surface area (Å²) in [6.07, 6.45) is 3.74. The monoisotopic (exact) mass is 227 g/mol. The lowest BCUT2D eigenvalue weighted by Crippen LogP contribution is -2.58. The Morgan fingerprint density at radius 3 is 2.69 bits per heavy atom. The van der Waals surface area contributed by atoms with E-state index < -0.39 is 0 Å². The summed E-state index contributed by atoms with van der Waals surface area (Å²) >= 11 is 0. The van der Waals surface area contributed by atoms with Gasteiger partial charge >= 0.3 is 11.3 Å². The highest BCUT2D eigenvalue weighted by molar-refractivity contribution is 4.85. The van der Waals surface area contributed by atoms with Crippen LogP contribution in [-0.2, 0) is 6.54 Å². The van der Waals surface area contributed by atoms with Crippen LogP contribution in [-0.4, -0.2) is 37.4 Å². The first-order chi connectivity index (χ1) is 7.68. The molecule has 0 radical (unpaired) electrons. The molecule has 2 rings (SSSR count). The molecule has 0 unspecified atom stereocenters. The van der Waals surface area contributed by atoms with E-state index in [-0.39, 0.29) is 5.63 Å². The molecule has 1 saturated heterocycles. The lowest BCUT2D eigenvalue weighted by Gasteiger charge is -2.24. The summed E-state index contributed by atoms with van der Waals surface area (Å²) in [7, 11) is 3.73. The highest BCUT2D eigenvalue weighted by atomic mass is 16.5. The maximum atomic E-state index is 11.5. The number of aromatic nitrogens is 2. The van der Waals surface area contributed by atoms with Crippen molar-refractivity contribution in [2.24, 2.45) is 0 Å². The Balaban J connectivity index is 2.13. The van der Waals surface area contributed by atoms with Crippen LogP contribution in [0.3, 0.4) is 0 Å². The minimum atomic E-state index is -0.278. The minimum Gasteiger partial charge on any atom is -0.293 e. The van der Waals surface area contributed by atoms with Crippen LogP contribution in [0, 0.1) is 0 Å². The third kappa shape index (κ3) is 2.27. The Morgan fingerprint density at radius 2 is 2.06 bits per heavy atom. The highest BCUT2D eigenvalue weighted by Gasteiger charge is 2.26. The van der Waals surface area contributed by atoms with E-state index in [2.05, 4.69) is 10.2 Å². The molecule has 0 spiro atoms. The number of hydrogen-bond acceptors (Lipinski definition) is 4. The van der Waals surface area contributed by atoms with Crippen molar-refractivity contribution in [3.8, 4) is 0 Å². The van der Waals surface area contributed by atoms with Crippen molar-refractivity contribution in [1.29, 1.82) is 0 Å². The third-order valence-corrected chi connectivity index (χ3v) is 2.94. The zero-order chi connectivity index (χ0) is 11.5. The van der Waals surface area contributed by atoms with E-state index in [1.165, 1.54) is 19.3 Å². The number of nitrogens with one attached hydrogen (secondary N) is 1. The van der Waals surface area contributed by atoms with Crippen molar-refractivity contribution in [3.05, 3.63) is 16.1 Å². The Hall–Kier alpha value is -1.30. The number of H-pyrrole nitrogens is 1. The topological polar surface area (TPSA) is 56.4 Å². The zero-order valence-electron chi connectivity index (χ0n) is 9.90. The molecule has 0 amide bonds. The van der Waals surface area contributed by atoms with E-state index in [1.54, 1.807) is 9.80 Å². The van der Waals surface area contributed by atoms with Gasteiger partial charge in [0.25, 0.3) is 0 Å². The molecule has 0 aliphatic carbocycles. The molecule has 6 nitrogen and oxygen atoms in total. The second-order valence-electron chi connectivity index (χ2n) is 4.42. The van der Waals surface area contributed by atoms with Gasteiger partial charge in [-0.1, -0.05) is 6.42 Å². The van der Waals surface area contributed by atoms with Crippen molar-refractivity contribution < 1.29 is 9.31 Å². The summed E-state index contributed by atoms with van der Waals surface area (Å²) in [4.78, 5) is 15.5. The number of rotatable bonds is 3. The van der Waals surface area contributed by atoms with Crippen molar-refractivity contribution >= 4 is 0 Å². The molecule has 6 heteroatoms. The second-order valence-corrected chi connectivity index (χ2v) is 4.42. The van der Waals surface area contributed by atoms with E-state index in [0.29, 0.717) is 12.2 Å². The molecular formula is C10H19N4O2+. The second kappa shape index (κ2) is 4.69. The van der Waals surface area contributed by atoms with Crippen molar-refractivity contribution in [2.75, 3.05) is 32.2 Å². The maximum Gasteiger partial charge on any atom is 0.434 e. The van der Waals surface area contributed by atoms with Gasteiger partial charge in [0.05, 0.1) is 20.6 Å². The van der Waals surface area contributed by atoms with E-state index >= 15 is 0 Å². The number of nitrogens with zero attached hydrogens (tertiary/aromatic N) is 3. The molecule has 1 fully saturated rings. The average Bonchev–Trinajstić information content (AvgIpc) is 2.62. The molecule has 1 N–H and O–H groups in total. The predicted octanol–water partition coefficient (Wildman–Crippen LogP) is -0.561. The van der Waals surface area contributed by atoms with Crippen LogP contribution < -0.4 is 15.4 Å². The van der Waals surface area contributed by atoms with E-state index in [9.17, 15) is 4.79 Å². The van der Waals surface area contributed by atoms with Gasteiger partial charge in [0.1, 0.15) is 0 Å². The van der Waals surface area contributed by atoms with Gasteiger partial charge in [0.2, 0.25) is 0 Å². The van der Waals surface area contributed by atoms with Crippen molar-refractivity contribution in [2.45, 2.75) is 25.8 Å². The molecule has 1 aromatic heterocycles. The summed E-state index contributed by atoms with van der Waals surface area (Å²) < 4.78 is 4.81. The summed E-state index contributed by atoms with van der Waals surface area (Å²) in [5, 5.41) is 4.39. The van der Waals surface area contributed by atoms with Crippen LogP contribution in [0.2, 0.25) is 0 Å². The largest absolute Gasteiger partial charge is 0.434 e. The van der Waals surface area contributed by atoms with Gasteiger partial charge in [-0.2, -0.15) is 5.01 Å². The van der Waals surface area contributed by atoms with Crippen molar-refractivity contribution in [1.82, 2.24) is 10.2 Å². The van der Waals surface area contributed by atoms with Crippen LogP contribution in [0.25, 0.3) is 0 Å². The summed E-state index contributed by atoms with van der Waals surface area (Å²) in [5.41, 5.74) is 0.381. The zero-order valence-corrected chi connectivity index (χ0v) is 9.90. The molecule has 16 heavy (non-hydrogen) atoms. The van der Waals surface area contributed by atoms with Crippen LogP contribution in [0.4, 0.5) is 0 Å². The average molecular weight is 227 g/mol. The summed E-state index contributed by atoms with van der Waals surface area (Å²) in [5.74, 6) is 0. The van der Waals surface area contributed by atoms with Gasteiger partial charge in [-0.3, -0.25) is 9.42 Å². The van der Waals surface area contributed by atoms with Gasteiger partial charge in [0, 0.05) is 10.1 Å². The summed E-state index contributed by atoms with van der Waals surface area (Å²) in [6, 6.07) is 0. The first-order valence-electron chi connectivity index (χ1n) is 5.71. The maximum absolute atomic E-state index is 11.5. The first-order valence-corrected chi connectivity index (χ1v) is 5.71. The molecule has 0 saturated carbocycles. The molecule has 1 aliphatic heterocycles. The minimum absolute atomic E-state index is 0.278. The van der Waals surface area contributed by atoms with Gasteiger partial charge in [-0.15, -0.1) is 0 Å². The summed E-state index contributed by atoms with van der Waals surface area (Å²) in [6.45, 7) is 2.79. The first kappa shape index (κ1) is 11.2. The number of aromatic amines is 1. The molecule has 0 aromatic carbocycles. The Labute approximate surface area is 94.4 Å². The third-order valence-electron chi connectivity index (χ3n) is 2.94. The lowest BCUT2D eigenvalue weighted by atomic mass is 10.1. The van der Waals surface area contributed by atoms with Gasteiger partial charge < -0.3 is 0 Å². The van der Waals surface area contributed by atoms with Gasteiger partial charge in [-0.05, 0) is 25.9 Å². The van der Waals surface area contributed by atoms with E-state index in [4.69, 9.17) is 4.52 Å². The Kier molecular flexibility index (Phi) is 3.28. The fraction of sp³-hybridized carbons (Fsp3) is 0.800. The molecule has 2 heterocycles. The molecule has 90 valence electrons. The molecule has 1 aromatic rings. The van der Waals surface area contributed by atoms with E-state index in [0.717, 1.165) is 13.1 Å². The van der Waals surface area contributed by atoms with Gasteiger partial charge in [0.15, 0.2) is 0 Å². The van der Waals surface area contributed by atoms with Crippen LogP contribution >= 0.6 is 0 Å².